The Hall–Kier alpha value is -1.69. The van der Waals surface area contributed by atoms with Gasteiger partial charge in [0.05, 0.1) is 5.54 Å². The van der Waals surface area contributed by atoms with Gasteiger partial charge < -0.3 is 14.7 Å². The highest BCUT2D eigenvalue weighted by atomic mass is 16.2. The third-order valence-electron chi connectivity index (χ3n) is 5.91. The lowest BCUT2D eigenvalue weighted by molar-refractivity contribution is -0.131. The van der Waals surface area contributed by atoms with Crippen molar-refractivity contribution in [2.45, 2.75) is 44.1 Å². The zero-order valence-electron chi connectivity index (χ0n) is 14.4. The second kappa shape index (κ2) is 6.67. The number of hydrogen-bond acceptors (Lipinski definition) is 5. The number of amides is 1. The molecule has 4 rings (SSSR count). The maximum atomic E-state index is 12.6. The molecule has 0 bridgehead atoms. The largest absolute Gasteiger partial charge is 0.338 e. The van der Waals surface area contributed by atoms with E-state index in [2.05, 4.69) is 24.7 Å². The molecule has 0 aliphatic carbocycles. The van der Waals surface area contributed by atoms with Gasteiger partial charge in [-0.25, -0.2) is 9.97 Å². The lowest BCUT2D eigenvalue weighted by atomic mass is 9.86. The Balaban J connectivity index is 1.47. The van der Waals surface area contributed by atoms with Crippen LogP contribution in [0.5, 0.6) is 0 Å². The summed E-state index contributed by atoms with van der Waals surface area (Å²) in [7, 11) is 0. The molecule has 6 nitrogen and oxygen atoms in total. The Morgan fingerprint density at radius 3 is 2.58 bits per heavy atom. The summed E-state index contributed by atoms with van der Waals surface area (Å²) in [6.45, 7) is 6.15. The van der Waals surface area contributed by atoms with Gasteiger partial charge in [0.25, 0.3) is 0 Å². The molecule has 1 aromatic heterocycles. The minimum absolute atomic E-state index is 0.00570. The summed E-state index contributed by atoms with van der Waals surface area (Å²) < 4.78 is 0. The Morgan fingerprint density at radius 1 is 1.00 bits per heavy atom. The van der Waals surface area contributed by atoms with Crippen molar-refractivity contribution in [1.82, 2.24) is 19.8 Å². The average molecular weight is 329 g/mol. The number of carbonyl (C=O) groups excluding carboxylic acids is 1. The molecule has 1 atom stereocenters. The first kappa shape index (κ1) is 15.8. The number of nitrogens with zero attached hydrogens (tertiary/aromatic N) is 5. The monoisotopic (exact) mass is 329 g/mol. The number of piperidine rings is 1. The van der Waals surface area contributed by atoms with E-state index in [1.54, 1.807) is 12.4 Å². The molecule has 1 amide bonds. The molecule has 3 aliphatic rings. The van der Waals surface area contributed by atoms with Crippen molar-refractivity contribution in [2.75, 3.05) is 44.2 Å². The van der Waals surface area contributed by atoms with E-state index < -0.39 is 0 Å². The molecule has 3 fully saturated rings. The fraction of sp³-hybridized carbons (Fsp3) is 0.722. The molecule has 130 valence electrons. The van der Waals surface area contributed by atoms with Crippen LogP contribution in [-0.2, 0) is 4.79 Å². The topological polar surface area (TPSA) is 52.6 Å². The van der Waals surface area contributed by atoms with Crippen LogP contribution in [0.25, 0.3) is 0 Å². The van der Waals surface area contributed by atoms with E-state index in [9.17, 15) is 4.79 Å². The highest BCUT2D eigenvalue weighted by Crippen LogP contribution is 2.38. The first-order valence-corrected chi connectivity index (χ1v) is 9.32. The van der Waals surface area contributed by atoms with Gasteiger partial charge in [-0.2, -0.15) is 0 Å². The van der Waals surface area contributed by atoms with Gasteiger partial charge in [0.1, 0.15) is 0 Å². The maximum Gasteiger partial charge on any atom is 0.225 e. The number of aromatic nitrogens is 2. The van der Waals surface area contributed by atoms with Crippen molar-refractivity contribution in [3.63, 3.8) is 0 Å². The van der Waals surface area contributed by atoms with Crippen LogP contribution in [0.2, 0.25) is 0 Å². The minimum Gasteiger partial charge on any atom is -0.338 e. The molecule has 6 heteroatoms. The normalized spacial score (nSPS) is 28.2. The van der Waals surface area contributed by atoms with E-state index in [0.717, 1.165) is 51.4 Å². The number of hydrogen-bond donors (Lipinski definition) is 0. The first-order chi connectivity index (χ1) is 11.8. The van der Waals surface area contributed by atoms with Crippen LogP contribution in [0.4, 0.5) is 5.95 Å². The average Bonchev–Trinajstić information content (AvgIpc) is 3.24. The Kier molecular flexibility index (Phi) is 4.39. The van der Waals surface area contributed by atoms with E-state index >= 15 is 0 Å². The molecule has 3 aliphatic heterocycles. The lowest BCUT2D eigenvalue weighted by Gasteiger charge is -2.46. The quantitative estimate of drug-likeness (QED) is 0.838. The number of rotatable bonds is 4. The third-order valence-corrected chi connectivity index (χ3v) is 5.91. The third kappa shape index (κ3) is 2.99. The van der Waals surface area contributed by atoms with Crippen molar-refractivity contribution in [3.8, 4) is 0 Å². The number of likely N-dealkylation sites (tertiary alicyclic amines) is 2. The molecule has 1 spiro atoms. The van der Waals surface area contributed by atoms with Crippen LogP contribution >= 0.6 is 0 Å². The Bertz CT molecular complexity index is 574. The zero-order chi connectivity index (χ0) is 16.4. The molecule has 0 N–H and O–H groups in total. The molecule has 1 aromatic rings. The van der Waals surface area contributed by atoms with Gasteiger partial charge in [0, 0.05) is 45.0 Å². The predicted octanol–water partition coefficient (Wildman–Crippen LogP) is 1.53. The lowest BCUT2D eigenvalue weighted by Crippen LogP contribution is -2.58. The molecular formula is C18H27N5O. The van der Waals surface area contributed by atoms with Crippen molar-refractivity contribution in [1.29, 1.82) is 0 Å². The van der Waals surface area contributed by atoms with Gasteiger partial charge in [-0.05, 0) is 51.3 Å². The molecule has 24 heavy (non-hydrogen) atoms. The minimum atomic E-state index is -0.00570. The standard InChI is InChI=1S/C18H27N5O/c24-16-5-7-18(23(16)14-13-21-10-1-2-11-21)6-3-12-22(15-18)17-19-8-4-9-20-17/h4,8-9H,1-3,5-7,10-15H2/t18-/m1/s1. The van der Waals surface area contributed by atoms with Crippen LogP contribution in [0, 0.1) is 0 Å². The summed E-state index contributed by atoms with van der Waals surface area (Å²) >= 11 is 0. The molecule has 0 unspecified atom stereocenters. The van der Waals surface area contributed by atoms with Crippen molar-refractivity contribution in [3.05, 3.63) is 18.5 Å². The van der Waals surface area contributed by atoms with Crippen LogP contribution in [0.15, 0.2) is 18.5 Å². The second-order valence-corrected chi connectivity index (χ2v) is 7.39. The summed E-state index contributed by atoms with van der Waals surface area (Å²) in [6, 6.07) is 1.85. The van der Waals surface area contributed by atoms with Gasteiger partial charge in [0.2, 0.25) is 11.9 Å². The molecule has 3 saturated heterocycles. The fourth-order valence-corrected chi connectivity index (χ4v) is 4.65. The molecular weight excluding hydrogens is 302 g/mol. The number of carbonyl (C=O) groups is 1. The van der Waals surface area contributed by atoms with Gasteiger partial charge in [-0.1, -0.05) is 0 Å². The van der Waals surface area contributed by atoms with Crippen molar-refractivity contribution < 1.29 is 4.79 Å². The van der Waals surface area contributed by atoms with Crippen LogP contribution in [0.3, 0.4) is 0 Å². The summed E-state index contributed by atoms with van der Waals surface area (Å²) in [5.74, 6) is 1.14. The SMILES string of the molecule is O=C1CC[C@@]2(CCCN(c3ncccn3)C2)N1CCN1CCCC1. The van der Waals surface area contributed by atoms with Gasteiger partial charge in [0.15, 0.2) is 0 Å². The summed E-state index contributed by atoms with van der Waals surface area (Å²) in [4.78, 5) is 28.3. The van der Waals surface area contributed by atoms with E-state index in [0.29, 0.717) is 12.3 Å². The van der Waals surface area contributed by atoms with E-state index in [-0.39, 0.29) is 5.54 Å². The van der Waals surface area contributed by atoms with E-state index in [1.807, 2.05) is 6.07 Å². The Morgan fingerprint density at radius 2 is 1.79 bits per heavy atom. The summed E-state index contributed by atoms with van der Waals surface area (Å²) in [5.41, 5.74) is -0.00570. The van der Waals surface area contributed by atoms with Gasteiger partial charge in [-0.3, -0.25) is 4.79 Å². The van der Waals surface area contributed by atoms with Crippen molar-refractivity contribution in [2.24, 2.45) is 0 Å². The highest BCUT2D eigenvalue weighted by molar-refractivity contribution is 5.80. The summed E-state index contributed by atoms with van der Waals surface area (Å²) in [6.07, 6.45) is 10.1. The Labute approximate surface area is 143 Å². The highest BCUT2D eigenvalue weighted by Gasteiger charge is 2.47. The van der Waals surface area contributed by atoms with Gasteiger partial charge in [-0.15, -0.1) is 0 Å². The predicted molar refractivity (Wildman–Crippen MR) is 92.8 cm³/mol. The van der Waals surface area contributed by atoms with Crippen LogP contribution in [-0.4, -0.2) is 70.5 Å². The molecule has 4 heterocycles. The smallest absolute Gasteiger partial charge is 0.225 e. The van der Waals surface area contributed by atoms with E-state index in [1.165, 1.54) is 25.9 Å². The molecule has 0 radical (unpaired) electrons. The number of anilines is 1. The zero-order valence-corrected chi connectivity index (χ0v) is 14.4. The van der Waals surface area contributed by atoms with Gasteiger partial charge >= 0.3 is 0 Å². The maximum absolute atomic E-state index is 12.6. The summed E-state index contributed by atoms with van der Waals surface area (Å²) in [5, 5.41) is 0. The van der Waals surface area contributed by atoms with Crippen LogP contribution in [0.1, 0.15) is 38.5 Å². The first-order valence-electron chi connectivity index (χ1n) is 9.32. The van der Waals surface area contributed by atoms with Crippen LogP contribution < -0.4 is 4.90 Å². The van der Waals surface area contributed by atoms with E-state index in [4.69, 9.17) is 0 Å². The second-order valence-electron chi connectivity index (χ2n) is 7.39. The molecule has 0 aromatic carbocycles. The fourth-order valence-electron chi connectivity index (χ4n) is 4.65. The molecule has 0 saturated carbocycles. The van der Waals surface area contributed by atoms with Crippen molar-refractivity contribution >= 4 is 11.9 Å².